The molecule has 0 fully saturated rings. The summed E-state index contributed by atoms with van der Waals surface area (Å²) in [6.45, 7) is 27.4. The van der Waals surface area contributed by atoms with Gasteiger partial charge in [-0.3, -0.25) is 4.99 Å². The van der Waals surface area contributed by atoms with Crippen molar-refractivity contribution in [1.82, 2.24) is 0 Å². The highest BCUT2D eigenvalue weighted by Crippen LogP contribution is 2.41. The molecular formula is C33H49NS. The molecule has 0 aliphatic rings. The van der Waals surface area contributed by atoms with Crippen LogP contribution in [0.15, 0.2) is 41.4 Å². The minimum absolute atomic E-state index is 0.442. The lowest BCUT2D eigenvalue weighted by atomic mass is 9.84. The molecule has 2 aromatic carbocycles. The van der Waals surface area contributed by atoms with Crippen LogP contribution in [0.4, 0.5) is 5.69 Å². The Bertz CT molecular complexity index is 996. The zero-order valence-corrected chi connectivity index (χ0v) is 25.2. The first-order valence-electron chi connectivity index (χ1n) is 13.6. The third kappa shape index (κ3) is 7.35. The molecule has 0 bridgehead atoms. The van der Waals surface area contributed by atoms with Crippen molar-refractivity contribution in [2.75, 3.05) is 5.75 Å². The van der Waals surface area contributed by atoms with E-state index in [-0.39, 0.29) is 0 Å². The van der Waals surface area contributed by atoms with Gasteiger partial charge in [0.15, 0.2) is 0 Å². The molecule has 0 saturated carbocycles. The van der Waals surface area contributed by atoms with Crippen LogP contribution in [0.2, 0.25) is 0 Å². The lowest BCUT2D eigenvalue weighted by molar-refractivity contribution is 0.800. The van der Waals surface area contributed by atoms with E-state index in [4.69, 9.17) is 4.99 Å². The fourth-order valence-electron chi connectivity index (χ4n) is 4.62. The quantitative estimate of drug-likeness (QED) is 0.301. The van der Waals surface area contributed by atoms with E-state index in [1.165, 1.54) is 38.3 Å². The van der Waals surface area contributed by atoms with Crippen LogP contribution in [0.5, 0.6) is 0 Å². The molecule has 2 aromatic rings. The van der Waals surface area contributed by atoms with Gasteiger partial charge in [0.25, 0.3) is 0 Å². The smallest absolute Gasteiger partial charge is 0.0701 e. The average Bonchev–Trinajstić information content (AvgIpc) is 2.77. The van der Waals surface area contributed by atoms with Crippen LogP contribution < -0.4 is 0 Å². The monoisotopic (exact) mass is 491 g/mol. The summed E-state index contributed by atoms with van der Waals surface area (Å²) in [7, 11) is 0. The van der Waals surface area contributed by atoms with Crippen molar-refractivity contribution in [1.29, 1.82) is 0 Å². The van der Waals surface area contributed by atoms with Gasteiger partial charge in [0.1, 0.15) is 0 Å². The molecule has 0 aliphatic carbocycles. The van der Waals surface area contributed by atoms with E-state index in [2.05, 4.69) is 119 Å². The van der Waals surface area contributed by atoms with Crippen LogP contribution >= 0.6 is 11.8 Å². The fraction of sp³-hybridized carbons (Fsp3) is 0.545. The largest absolute Gasteiger partial charge is 0.253 e. The number of thioether (sulfide) groups is 1. The summed E-state index contributed by atoms with van der Waals surface area (Å²) in [5.41, 5.74) is 10.7. The van der Waals surface area contributed by atoms with E-state index in [0.29, 0.717) is 29.6 Å². The predicted molar refractivity (Wildman–Crippen MR) is 162 cm³/mol. The molecule has 2 rings (SSSR count). The van der Waals surface area contributed by atoms with Crippen molar-refractivity contribution in [3.8, 4) is 0 Å². The van der Waals surface area contributed by atoms with Crippen molar-refractivity contribution < 1.29 is 0 Å². The lowest BCUT2D eigenvalue weighted by Crippen LogP contribution is -2.06. The molecule has 0 amide bonds. The SMILES string of the molecule is CCS/C(=C\C(C)=Nc1c(C(C)C)cccc1C(C)C)c1c(C(C)C)cc(C(C)C)cc1C(C)C. The standard InChI is InChI=1S/C33H49NS/c1-13-35-31(32-29(23(8)9)18-26(20(2)3)19-30(32)24(10)11)17-25(12)34-33-27(21(4)5)15-14-16-28(33)22(6)7/h14-24H,13H2,1-12H3/b31-17-,34-25?. The Labute approximate surface area is 220 Å². The molecule has 2 heteroatoms. The Morgan fingerprint density at radius 1 is 0.743 bits per heavy atom. The second kappa shape index (κ2) is 12.9. The number of hydrogen-bond acceptors (Lipinski definition) is 2. The maximum absolute atomic E-state index is 5.27. The number of benzene rings is 2. The zero-order chi connectivity index (χ0) is 26.4. The molecule has 0 heterocycles. The third-order valence-electron chi connectivity index (χ3n) is 6.65. The molecule has 0 unspecified atom stereocenters. The molecule has 0 N–H and O–H groups in total. The maximum Gasteiger partial charge on any atom is 0.0701 e. The van der Waals surface area contributed by atoms with Crippen LogP contribution in [0.25, 0.3) is 4.91 Å². The van der Waals surface area contributed by atoms with Gasteiger partial charge in [-0.05, 0) is 81.7 Å². The van der Waals surface area contributed by atoms with Crippen LogP contribution in [0, 0.1) is 0 Å². The Kier molecular flexibility index (Phi) is 10.9. The van der Waals surface area contributed by atoms with Gasteiger partial charge in [0.05, 0.1) is 5.69 Å². The third-order valence-corrected chi connectivity index (χ3v) is 7.57. The summed E-state index contributed by atoms with van der Waals surface area (Å²) in [4.78, 5) is 6.62. The summed E-state index contributed by atoms with van der Waals surface area (Å²) in [6, 6.07) is 11.6. The van der Waals surface area contributed by atoms with E-state index < -0.39 is 0 Å². The first-order chi connectivity index (χ1) is 16.4. The average molecular weight is 492 g/mol. The highest BCUT2D eigenvalue weighted by atomic mass is 32.2. The van der Waals surface area contributed by atoms with Crippen molar-refractivity contribution in [3.05, 3.63) is 69.8 Å². The Morgan fingerprint density at radius 2 is 1.20 bits per heavy atom. The minimum Gasteiger partial charge on any atom is -0.253 e. The van der Waals surface area contributed by atoms with E-state index in [1.807, 2.05) is 11.8 Å². The molecule has 0 aromatic heterocycles. The highest BCUT2D eigenvalue weighted by Gasteiger charge is 2.21. The van der Waals surface area contributed by atoms with Gasteiger partial charge in [-0.15, -0.1) is 11.8 Å². The number of hydrogen-bond donors (Lipinski definition) is 0. The summed E-state index contributed by atoms with van der Waals surface area (Å²) in [5.74, 6) is 3.38. The molecule has 0 spiro atoms. The van der Waals surface area contributed by atoms with Gasteiger partial charge in [0.2, 0.25) is 0 Å². The van der Waals surface area contributed by atoms with Gasteiger partial charge >= 0.3 is 0 Å². The summed E-state index contributed by atoms with van der Waals surface area (Å²) in [5, 5.41) is 0. The molecular weight excluding hydrogens is 442 g/mol. The topological polar surface area (TPSA) is 12.4 Å². The Hall–Kier alpha value is -1.80. The summed E-state index contributed by atoms with van der Waals surface area (Å²) in [6.07, 6.45) is 2.34. The van der Waals surface area contributed by atoms with Crippen molar-refractivity contribution >= 4 is 28.1 Å². The second-order valence-corrected chi connectivity index (χ2v) is 12.6. The first-order valence-corrected chi connectivity index (χ1v) is 14.6. The fourth-order valence-corrected chi connectivity index (χ4v) is 5.57. The number of allylic oxidation sites excluding steroid dienone is 1. The van der Waals surface area contributed by atoms with Crippen LogP contribution in [-0.2, 0) is 0 Å². The number of rotatable bonds is 10. The molecule has 0 saturated heterocycles. The van der Waals surface area contributed by atoms with Crippen molar-refractivity contribution in [3.63, 3.8) is 0 Å². The first kappa shape index (κ1) is 29.4. The highest BCUT2D eigenvalue weighted by molar-refractivity contribution is 8.08. The lowest BCUT2D eigenvalue weighted by Gasteiger charge is -2.24. The van der Waals surface area contributed by atoms with Gasteiger partial charge in [-0.1, -0.05) is 106 Å². The summed E-state index contributed by atoms with van der Waals surface area (Å²) >= 11 is 1.95. The van der Waals surface area contributed by atoms with E-state index in [9.17, 15) is 0 Å². The van der Waals surface area contributed by atoms with Gasteiger partial charge < -0.3 is 0 Å². The Morgan fingerprint density at radius 3 is 1.57 bits per heavy atom. The van der Waals surface area contributed by atoms with Gasteiger partial charge in [-0.2, -0.15) is 0 Å². The van der Waals surface area contributed by atoms with Crippen molar-refractivity contribution in [2.24, 2.45) is 4.99 Å². The predicted octanol–water partition coefficient (Wildman–Crippen LogP) is 11.2. The summed E-state index contributed by atoms with van der Waals surface area (Å²) < 4.78 is 0. The molecule has 1 nitrogen and oxygen atoms in total. The molecule has 192 valence electrons. The number of nitrogens with zero attached hydrogens (tertiary/aromatic N) is 1. The van der Waals surface area contributed by atoms with E-state index >= 15 is 0 Å². The molecule has 0 atom stereocenters. The molecule has 35 heavy (non-hydrogen) atoms. The van der Waals surface area contributed by atoms with Crippen molar-refractivity contribution in [2.45, 2.75) is 113 Å². The van der Waals surface area contributed by atoms with Crippen LogP contribution in [0.1, 0.15) is 146 Å². The second-order valence-electron chi connectivity index (χ2n) is 11.3. The van der Waals surface area contributed by atoms with Gasteiger partial charge in [-0.25, -0.2) is 0 Å². The van der Waals surface area contributed by atoms with Crippen LogP contribution in [0.3, 0.4) is 0 Å². The van der Waals surface area contributed by atoms with E-state index in [0.717, 1.165) is 17.2 Å². The maximum atomic E-state index is 5.27. The number of aliphatic imine (C=N–C) groups is 1. The van der Waals surface area contributed by atoms with Crippen LogP contribution in [-0.4, -0.2) is 11.5 Å². The minimum atomic E-state index is 0.442. The zero-order valence-electron chi connectivity index (χ0n) is 24.4. The molecule has 0 aliphatic heterocycles. The molecule has 0 radical (unpaired) electrons. The normalized spacial score (nSPS) is 13.3. The Balaban J connectivity index is 2.81. The number of para-hydroxylation sites is 1. The van der Waals surface area contributed by atoms with Gasteiger partial charge in [0, 0.05) is 10.6 Å². The van der Waals surface area contributed by atoms with E-state index in [1.54, 1.807) is 0 Å².